The smallest absolute Gasteiger partial charge is 0.136 e. The normalized spacial score (nSPS) is 11.6. The Bertz CT molecular complexity index is 576. The number of aromatic nitrogens is 2. The molecule has 4 heteroatoms. The van der Waals surface area contributed by atoms with Crippen molar-refractivity contribution in [2.24, 2.45) is 5.73 Å². The van der Waals surface area contributed by atoms with Crippen molar-refractivity contribution >= 4 is 0 Å². The van der Waals surface area contributed by atoms with Crippen LogP contribution in [0, 0.1) is 12.7 Å². The second kappa shape index (κ2) is 5.05. The summed E-state index contributed by atoms with van der Waals surface area (Å²) in [6, 6.07) is 8.19. The van der Waals surface area contributed by atoms with Crippen LogP contribution in [0.3, 0.4) is 0 Å². The van der Waals surface area contributed by atoms with E-state index in [2.05, 4.69) is 9.97 Å². The molecule has 0 aliphatic rings. The van der Waals surface area contributed by atoms with E-state index in [1.807, 2.05) is 26.8 Å². The minimum absolute atomic E-state index is 0.253. The highest BCUT2D eigenvalue weighted by Gasteiger charge is 2.23. The Morgan fingerprint density at radius 1 is 1.16 bits per heavy atom. The molecule has 0 unspecified atom stereocenters. The summed E-state index contributed by atoms with van der Waals surface area (Å²) in [5, 5.41) is 0. The van der Waals surface area contributed by atoms with Gasteiger partial charge >= 0.3 is 0 Å². The number of halogens is 1. The monoisotopic (exact) mass is 259 g/mol. The molecule has 0 atom stereocenters. The predicted octanol–water partition coefficient (Wildman–Crippen LogP) is 2.83. The Morgan fingerprint density at radius 2 is 1.79 bits per heavy atom. The first-order chi connectivity index (χ1) is 8.92. The average molecular weight is 259 g/mol. The number of nitrogens with two attached hydrogens (primary N) is 1. The van der Waals surface area contributed by atoms with E-state index in [-0.39, 0.29) is 11.2 Å². The minimum atomic E-state index is -0.277. The third-order valence-electron chi connectivity index (χ3n) is 3.11. The van der Waals surface area contributed by atoms with Gasteiger partial charge in [0.05, 0.1) is 5.69 Å². The summed E-state index contributed by atoms with van der Waals surface area (Å²) in [7, 11) is 0. The molecule has 3 nitrogen and oxygen atoms in total. The average Bonchev–Trinajstić information content (AvgIpc) is 2.39. The maximum absolute atomic E-state index is 13.0. The number of nitrogens with zero attached hydrogens (tertiary/aromatic N) is 2. The Labute approximate surface area is 112 Å². The third kappa shape index (κ3) is 2.96. The molecule has 0 aliphatic carbocycles. The third-order valence-corrected chi connectivity index (χ3v) is 3.11. The summed E-state index contributed by atoms with van der Waals surface area (Å²) >= 11 is 0. The van der Waals surface area contributed by atoms with Gasteiger partial charge in [0.15, 0.2) is 0 Å². The molecule has 0 saturated carbocycles. The Morgan fingerprint density at radius 3 is 2.37 bits per heavy atom. The van der Waals surface area contributed by atoms with Crippen molar-refractivity contribution in [3.8, 4) is 11.3 Å². The fourth-order valence-electron chi connectivity index (χ4n) is 1.73. The molecule has 1 heterocycles. The van der Waals surface area contributed by atoms with E-state index in [0.717, 1.165) is 17.0 Å². The highest BCUT2D eigenvalue weighted by Crippen LogP contribution is 2.23. The molecule has 0 spiro atoms. The summed E-state index contributed by atoms with van der Waals surface area (Å²) in [4.78, 5) is 9.02. The zero-order valence-corrected chi connectivity index (χ0v) is 11.4. The van der Waals surface area contributed by atoms with Gasteiger partial charge in [-0.3, -0.25) is 0 Å². The van der Waals surface area contributed by atoms with E-state index in [0.29, 0.717) is 12.4 Å². The highest BCUT2D eigenvalue weighted by atomic mass is 19.1. The molecule has 2 N–H and O–H groups in total. The van der Waals surface area contributed by atoms with E-state index >= 15 is 0 Å². The van der Waals surface area contributed by atoms with E-state index < -0.39 is 0 Å². The van der Waals surface area contributed by atoms with Crippen molar-refractivity contribution in [1.82, 2.24) is 9.97 Å². The van der Waals surface area contributed by atoms with Crippen molar-refractivity contribution in [3.05, 3.63) is 47.7 Å². The second-order valence-electron chi connectivity index (χ2n) is 5.31. The molecule has 0 aliphatic heterocycles. The van der Waals surface area contributed by atoms with Crippen LogP contribution in [0.5, 0.6) is 0 Å². The van der Waals surface area contributed by atoms with Crippen molar-refractivity contribution in [2.45, 2.75) is 26.2 Å². The van der Waals surface area contributed by atoms with Gasteiger partial charge in [0.25, 0.3) is 0 Å². The highest BCUT2D eigenvalue weighted by molar-refractivity contribution is 5.59. The first kappa shape index (κ1) is 13.6. The van der Waals surface area contributed by atoms with Gasteiger partial charge in [0, 0.05) is 23.2 Å². The summed E-state index contributed by atoms with van der Waals surface area (Å²) < 4.78 is 13.0. The molecule has 0 bridgehead atoms. The fraction of sp³-hybridized carbons (Fsp3) is 0.333. The second-order valence-corrected chi connectivity index (χ2v) is 5.31. The molecule has 2 aromatic rings. The Balaban J connectivity index is 2.50. The van der Waals surface area contributed by atoms with Crippen LogP contribution in [0.1, 0.15) is 25.4 Å². The quantitative estimate of drug-likeness (QED) is 0.922. The number of benzene rings is 1. The topological polar surface area (TPSA) is 51.8 Å². The van der Waals surface area contributed by atoms with E-state index in [1.54, 1.807) is 12.1 Å². The molecular weight excluding hydrogens is 241 g/mol. The number of aryl methyl sites for hydroxylation is 1. The van der Waals surface area contributed by atoms with Crippen molar-refractivity contribution in [3.63, 3.8) is 0 Å². The van der Waals surface area contributed by atoms with Gasteiger partial charge in [-0.1, -0.05) is 13.8 Å². The summed E-state index contributed by atoms with van der Waals surface area (Å²) in [6.45, 7) is 6.41. The van der Waals surface area contributed by atoms with Gasteiger partial charge in [0.1, 0.15) is 11.6 Å². The molecule has 19 heavy (non-hydrogen) atoms. The van der Waals surface area contributed by atoms with Crippen molar-refractivity contribution in [1.29, 1.82) is 0 Å². The zero-order chi connectivity index (χ0) is 14.0. The van der Waals surface area contributed by atoms with Crippen LogP contribution in [-0.4, -0.2) is 16.5 Å². The summed E-state index contributed by atoms with van der Waals surface area (Å²) in [5.74, 6) is 0.464. The maximum Gasteiger partial charge on any atom is 0.136 e. The molecular formula is C15H18FN3. The van der Waals surface area contributed by atoms with Gasteiger partial charge in [-0.25, -0.2) is 14.4 Å². The first-order valence-corrected chi connectivity index (χ1v) is 6.24. The van der Waals surface area contributed by atoms with E-state index in [1.165, 1.54) is 12.1 Å². The standard InChI is InChI=1S/C15H18FN3/c1-10-8-13(11-4-6-12(16)7-5-11)19-14(18-10)15(2,3)9-17/h4-8H,9,17H2,1-3H3. The fourth-order valence-corrected chi connectivity index (χ4v) is 1.73. The van der Waals surface area contributed by atoms with Crippen LogP contribution in [0.2, 0.25) is 0 Å². The SMILES string of the molecule is Cc1cc(-c2ccc(F)cc2)nc(C(C)(C)CN)n1. The molecule has 0 radical (unpaired) electrons. The predicted molar refractivity (Wildman–Crippen MR) is 74.2 cm³/mol. The zero-order valence-electron chi connectivity index (χ0n) is 11.4. The van der Waals surface area contributed by atoms with E-state index in [9.17, 15) is 4.39 Å². The Kier molecular flexibility index (Phi) is 3.62. The first-order valence-electron chi connectivity index (χ1n) is 6.24. The molecule has 0 amide bonds. The number of rotatable bonds is 3. The number of hydrogen-bond donors (Lipinski definition) is 1. The summed E-state index contributed by atoms with van der Waals surface area (Å²) in [5.41, 5.74) is 8.04. The lowest BCUT2D eigenvalue weighted by Crippen LogP contribution is -2.30. The molecule has 0 saturated heterocycles. The van der Waals surface area contributed by atoms with Crippen LogP contribution in [0.25, 0.3) is 11.3 Å². The van der Waals surface area contributed by atoms with Crippen molar-refractivity contribution < 1.29 is 4.39 Å². The Hall–Kier alpha value is -1.81. The molecule has 2 rings (SSSR count). The summed E-state index contributed by atoms with van der Waals surface area (Å²) in [6.07, 6.45) is 0. The van der Waals surface area contributed by atoms with Crippen LogP contribution < -0.4 is 5.73 Å². The number of hydrogen-bond acceptors (Lipinski definition) is 3. The minimum Gasteiger partial charge on any atom is -0.329 e. The van der Waals surface area contributed by atoms with Crippen LogP contribution in [0.4, 0.5) is 4.39 Å². The van der Waals surface area contributed by atoms with Gasteiger partial charge in [0.2, 0.25) is 0 Å². The lowest BCUT2D eigenvalue weighted by molar-refractivity contribution is 0.501. The lowest BCUT2D eigenvalue weighted by Gasteiger charge is -2.21. The molecule has 1 aromatic carbocycles. The van der Waals surface area contributed by atoms with Gasteiger partial charge in [-0.2, -0.15) is 0 Å². The van der Waals surface area contributed by atoms with E-state index in [4.69, 9.17) is 5.73 Å². The maximum atomic E-state index is 13.0. The lowest BCUT2D eigenvalue weighted by atomic mass is 9.92. The van der Waals surface area contributed by atoms with Gasteiger partial charge < -0.3 is 5.73 Å². The van der Waals surface area contributed by atoms with Crippen LogP contribution in [-0.2, 0) is 5.41 Å². The van der Waals surface area contributed by atoms with Gasteiger partial charge in [-0.15, -0.1) is 0 Å². The molecule has 1 aromatic heterocycles. The van der Waals surface area contributed by atoms with Gasteiger partial charge in [-0.05, 0) is 37.3 Å². The molecule has 100 valence electrons. The van der Waals surface area contributed by atoms with Crippen LogP contribution in [0.15, 0.2) is 30.3 Å². The molecule has 0 fully saturated rings. The van der Waals surface area contributed by atoms with Crippen molar-refractivity contribution in [2.75, 3.05) is 6.54 Å². The largest absolute Gasteiger partial charge is 0.329 e. The van der Waals surface area contributed by atoms with Crippen LogP contribution >= 0.6 is 0 Å².